The zero-order valence-electron chi connectivity index (χ0n) is 14.8. The van der Waals surface area contributed by atoms with Crippen LogP contribution in [0.5, 0.6) is 0 Å². The maximum Gasteiger partial charge on any atom is 0.229 e. The molecule has 3 rings (SSSR count). The lowest BCUT2D eigenvalue weighted by Gasteiger charge is -2.31. The molecule has 1 aromatic carbocycles. The third-order valence-electron chi connectivity index (χ3n) is 4.59. The minimum atomic E-state index is -3.45. The number of sulfonamides is 1. The van der Waals surface area contributed by atoms with Crippen LogP contribution in [0.3, 0.4) is 0 Å². The molecule has 26 heavy (non-hydrogen) atoms. The van der Waals surface area contributed by atoms with Gasteiger partial charge in [-0.15, -0.1) is 0 Å². The first kappa shape index (κ1) is 18.5. The Balaban J connectivity index is 1.67. The fourth-order valence-electron chi connectivity index (χ4n) is 3.12. The Labute approximate surface area is 154 Å². The molecule has 0 saturated carbocycles. The molecular formula is C19H23N3O3S. The Bertz CT molecular complexity index is 869. The smallest absolute Gasteiger partial charge is 0.229 e. The van der Waals surface area contributed by atoms with Gasteiger partial charge in [-0.3, -0.25) is 4.79 Å². The molecule has 2 heterocycles. The summed E-state index contributed by atoms with van der Waals surface area (Å²) >= 11 is 0. The molecule has 0 unspecified atom stereocenters. The van der Waals surface area contributed by atoms with E-state index in [1.165, 1.54) is 4.31 Å². The van der Waals surface area contributed by atoms with Crippen molar-refractivity contribution in [1.82, 2.24) is 9.29 Å². The van der Waals surface area contributed by atoms with Gasteiger partial charge in [-0.05, 0) is 37.0 Å². The number of piperidine rings is 1. The van der Waals surface area contributed by atoms with E-state index in [4.69, 9.17) is 0 Å². The van der Waals surface area contributed by atoms with Gasteiger partial charge in [0.1, 0.15) is 5.82 Å². The monoisotopic (exact) mass is 373 g/mol. The molecule has 1 aromatic heterocycles. The van der Waals surface area contributed by atoms with Gasteiger partial charge in [0.05, 0.1) is 11.7 Å². The van der Waals surface area contributed by atoms with Crippen molar-refractivity contribution in [3.8, 4) is 0 Å². The minimum absolute atomic E-state index is 0.0402. The van der Waals surface area contributed by atoms with Crippen LogP contribution in [0.25, 0.3) is 0 Å². The summed E-state index contributed by atoms with van der Waals surface area (Å²) in [5, 5.41) is 2.83. The van der Waals surface area contributed by atoms with Crippen molar-refractivity contribution >= 4 is 21.7 Å². The number of carbonyl (C=O) groups excluding carboxylic acids is 1. The Morgan fingerprint density at radius 1 is 1.23 bits per heavy atom. The summed E-state index contributed by atoms with van der Waals surface area (Å²) in [5.41, 5.74) is 1.63. The molecule has 1 fully saturated rings. The number of hydrogen-bond donors (Lipinski definition) is 1. The van der Waals surface area contributed by atoms with Crippen LogP contribution in [0.4, 0.5) is 5.82 Å². The quantitative estimate of drug-likeness (QED) is 0.874. The number of hydrogen-bond acceptors (Lipinski definition) is 4. The molecule has 0 aliphatic carbocycles. The van der Waals surface area contributed by atoms with E-state index in [9.17, 15) is 13.2 Å². The molecule has 2 aromatic rings. The first-order valence-electron chi connectivity index (χ1n) is 8.70. The van der Waals surface area contributed by atoms with Crippen molar-refractivity contribution in [3.63, 3.8) is 0 Å². The Hall–Kier alpha value is -2.25. The van der Waals surface area contributed by atoms with E-state index in [1.54, 1.807) is 18.3 Å². The SMILES string of the molecule is Cc1cccnc1NC(=O)[C@@H]1CCCN(S(=O)(=O)Cc2ccccc2)C1. The number of rotatable bonds is 5. The van der Waals surface area contributed by atoms with Crippen LogP contribution in [0.2, 0.25) is 0 Å². The predicted molar refractivity (Wildman–Crippen MR) is 101 cm³/mol. The van der Waals surface area contributed by atoms with E-state index in [2.05, 4.69) is 10.3 Å². The van der Waals surface area contributed by atoms with Gasteiger partial charge < -0.3 is 5.32 Å². The topological polar surface area (TPSA) is 79.4 Å². The van der Waals surface area contributed by atoms with Crippen LogP contribution in [0.15, 0.2) is 48.7 Å². The maximum absolute atomic E-state index is 12.7. The molecule has 0 radical (unpaired) electrons. The summed E-state index contributed by atoms with van der Waals surface area (Å²) in [7, 11) is -3.45. The van der Waals surface area contributed by atoms with Gasteiger partial charge in [0.25, 0.3) is 0 Å². The first-order chi connectivity index (χ1) is 12.5. The predicted octanol–water partition coefficient (Wildman–Crippen LogP) is 2.57. The fraction of sp³-hybridized carbons (Fsp3) is 0.368. The fourth-order valence-corrected chi connectivity index (χ4v) is 4.73. The van der Waals surface area contributed by atoms with Gasteiger partial charge in [0, 0.05) is 19.3 Å². The number of nitrogens with one attached hydrogen (secondary N) is 1. The summed E-state index contributed by atoms with van der Waals surface area (Å²) < 4.78 is 26.9. The number of benzene rings is 1. The number of carbonyl (C=O) groups is 1. The number of anilines is 1. The van der Waals surface area contributed by atoms with Crippen molar-refractivity contribution in [2.75, 3.05) is 18.4 Å². The van der Waals surface area contributed by atoms with Crippen LogP contribution in [-0.4, -0.2) is 36.7 Å². The molecule has 138 valence electrons. The molecule has 1 N–H and O–H groups in total. The largest absolute Gasteiger partial charge is 0.310 e. The van der Waals surface area contributed by atoms with Crippen LogP contribution >= 0.6 is 0 Å². The van der Waals surface area contributed by atoms with Crippen LogP contribution < -0.4 is 5.32 Å². The van der Waals surface area contributed by atoms with E-state index < -0.39 is 10.0 Å². The molecule has 0 spiro atoms. The number of aryl methyl sites for hydroxylation is 1. The van der Waals surface area contributed by atoms with Gasteiger partial charge in [-0.2, -0.15) is 0 Å². The van der Waals surface area contributed by atoms with E-state index in [-0.39, 0.29) is 24.1 Å². The first-order valence-corrected chi connectivity index (χ1v) is 10.3. The minimum Gasteiger partial charge on any atom is -0.310 e. The maximum atomic E-state index is 12.7. The number of nitrogens with zero attached hydrogens (tertiary/aromatic N) is 2. The Morgan fingerprint density at radius 3 is 2.73 bits per heavy atom. The molecule has 1 amide bonds. The van der Waals surface area contributed by atoms with Gasteiger partial charge in [0.2, 0.25) is 15.9 Å². The lowest BCUT2D eigenvalue weighted by Crippen LogP contribution is -2.44. The van der Waals surface area contributed by atoms with Crippen LogP contribution in [-0.2, 0) is 20.6 Å². The highest BCUT2D eigenvalue weighted by atomic mass is 32.2. The van der Waals surface area contributed by atoms with Gasteiger partial charge in [-0.1, -0.05) is 36.4 Å². The number of amides is 1. The highest BCUT2D eigenvalue weighted by Gasteiger charge is 2.32. The van der Waals surface area contributed by atoms with Crippen molar-refractivity contribution in [2.45, 2.75) is 25.5 Å². The van der Waals surface area contributed by atoms with Gasteiger partial charge >= 0.3 is 0 Å². The highest BCUT2D eigenvalue weighted by Crippen LogP contribution is 2.23. The number of pyridine rings is 1. The molecule has 6 nitrogen and oxygen atoms in total. The average Bonchev–Trinajstić information content (AvgIpc) is 2.64. The van der Waals surface area contributed by atoms with Crippen molar-refractivity contribution in [3.05, 3.63) is 59.8 Å². The Kier molecular flexibility index (Phi) is 5.68. The van der Waals surface area contributed by atoms with Crippen LogP contribution in [0, 0.1) is 12.8 Å². The standard InChI is InChI=1S/C19H23N3O3S/c1-15-7-5-11-20-18(15)21-19(23)17-10-6-12-22(13-17)26(24,25)14-16-8-3-2-4-9-16/h2-5,7-9,11,17H,6,10,12-14H2,1H3,(H,20,21,23)/t17-/m1/s1. The molecule has 1 saturated heterocycles. The second kappa shape index (κ2) is 7.97. The molecule has 1 aliphatic heterocycles. The van der Waals surface area contributed by atoms with Gasteiger partial charge in [-0.25, -0.2) is 17.7 Å². The molecule has 1 atom stereocenters. The van der Waals surface area contributed by atoms with Crippen molar-refractivity contribution in [2.24, 2.45) is 5.92 Å². The second-order valence-electron chi connectivity index (χ2n) is 6.60. The summed E-state index contributed by atoms with van der Waals surface area (Å²) in [6, 6.07) is 12.8. The molecule has 7 heteroatoms. The Morgan fingerprint density at radius 2 is 2.00 bits per heavy atom. The third-order valence-corrected chi connectivity index (χ3v) is 6.41. The van der Waals surface area contributed by atoms with Crippen LogP contribution in [0.1, 0.15) is 24.0 Å². The third kappa shape index (κ3) is 4.47. The summed E-state index contributed by atoms with van der Waals surface area (Å²) in [5.74, 6) is -0.0504. The van der Waals surface area contributed by atoms with Crippen molar-refractivity contribution < 1.29 is 13.2 Å². The van der Waals surface area contributed by atoms with E-state index in [0.717, 1.165) is 11.1 Å². The molecule has 1 aliphatic rings. The van der Waals surface area contributed by atoms with E-state index >= 15 is 0 Å². The number of aromatic nitrogens is 1. The lowest BCUT2D eigenvalue weighted by molar-refractivity contribution is -0.120. The van der Waals surface area contributed by atoms with E-state index in [1.807, 2.05) is 37.3 Å². The normalized spacial score (nSPS) is 18.4. The summed E-state index contributed by atoms with van der Waals surface area (Å²) in [6.45, 7) is 2.55. The highest BCUT2D eigenvalue weighted by molar-refractivity contribution is 7.88. The van der Waals surface area contributed by atoms with E-state index in [0.29, 0.717) is 25.2 Å². The summed E-state index contributed by atoms with van der Waals surface area (Å²) in [4.78, 5) is 16.8. The van der Waals surface area contributed by atoms with Gasteiger partial charge in [0.15, 0.2) is 0 Å². The molecule has 0 bridgehead atoms. The zero-order chi connectivity index (χ0) is 18.6. The zero-order valence-corrected chi connectivity index (χ0v) is 15.6. The lowest BCUT2D eigenvalue weighted by atomic mass is 9.99. The average molecular weight is 373 g/mol. The molecular weight excluding hydrogens is 350 g/mol. The second-order valence-corrected chi connectivity index (χ2v) is 8.57. The van der Waals surface area contributed by atoms with Crippen molar-refractivity contribution in [1.29, 1.82) is 0 Å². The summed E-state index contributed by atoms with van der Waals surface area (Å²) in [6.07, 6.45) is 2.97.